The topological polar surface area (TPSA) is 39.2 Å². The van der Waals surface area contributed by atoms with Gasteiger partial charge >= 0.3 is 5.97 Å². The van der Waals surface area contributed by atoms with E-state index in [0.29, 0.717) is 18.7 Å². The Morgan fingerprint density at radius 1 is 1.30 bits per heavy atom. The number of thiazole rings is 1. The van der Waals surface area contributed by atoms with E-state index in [4.69, 9.17) is 4.74 Å². The first-order valence-corrected chi connectivity index (χ1v) is 8.76. The van der Waals surface area contributed by atoms with Gasteiger partial charge in [-0.15, -0.1) is 11.3 Å². The van der Waals surface area contributed by atoms with Gasteiger partial charge in [-0.1, -0.05) is 30.3 Å². The Labute approximate surface area is 140 Å². The van der Waals surface area contributed by atoms with E-state index >= 15 is 0 Å². The van der Waals surface area contributed by atoms with Crippen LogP contribution < -0.4 is 0 Å². The predicted molar refractivity (Wildman–Crippen MR) is 90.7 cm³/mol. The second-order valence-electron chi connectivity index (χ2n) is 5.36. The van der Waals surface area contributed by atoms with E-state index in [0.717, 1.165) is 34.7 Å². The Morgan fingerprint density at radius 2 is 2.04 bits per heavy atom. The average molecular weight is 335 g/mol. The number of aromatic nitrogens is 1. The minimum Gasteiger partial charge on any atom is -0.461 e. The molecule has 5 heteroatoms. The van der Waals surface area contributed by atoms with Crippen molar-refractivity contribution in [3.63, 3.8) is 0 Å². The van der Waals surface area contributed by atoms with E-state index < -0.39 is 6.17 Å². The van der Waals surface area contributed by atoms with Crippen LogP contribution in [0, 0.1) is 6.92 Å². The highest BCUT2D eigenvalue weighted by atomic mass is 32.1. The number of nitrogens with zero attached hydrogens (tertiary/aromatic N) is 1. The maximum Gasteiger partial charge on any atom is 0.358 e. The largest absolute Gasteiger partial charge is 0.461 e. The van der Waals surface area contributed by atoms with Crippen LogP contribution in [-0.4, -0.2) is 17.6 Å². The zero-order valence-corrected chi connectivity index (χ0v) is 14.4. The smallest absolute Gasteiger partial charge is 0.358 e. The highest BCUT2D eigenvalue weighted by Crippen LogP contribution is 2.25. The van der Waals surface area contributed by atoms with Crippen molar-refractivity contribution in [3.05, 3.63) is 51.5 Å². The third kappa shape index (κ3) is 5.13. The van der Waals surface area contributed by atoms with Gasteiger partial charge in [-0.05, 0) is 45.1 Å². The number of aryl methyl sites for hydroxylation is 2. The Balaban J connectivity index is 1.78. The van der Waals surface area contributed by atoms with E-state index in [9.17, 15) is 9.18 Å². The van der Waals surface area contributed by atoms with Crippen LogP contribution in [0.3, 0.4) is 0 Å². The minimum absolute atomic E-state index is 0.350. The summed E-state index contributed by atoms with van der Waals surface area (Å²) in [5.41, 5.74) is 1.15. The highest BCUT2D eigenvalue weighted by molar-refractivity contribution is 7.11. The van der Waals surface area contributed by atoms with Gasteiger partial charge in [-0.3, -0.25) is 0 Å². The molecule has 0 N–H and O–H groups in total. The van der Waals surface area contributed by atoms with Crippen LogP contribution in [0.1, 0.15) is 58.3 Å². The Morgan fingerprint density at radius 3 is 2.74 bits per heavy atom. The van der Waals surface area contributed by atoms with Gasteiger partial charge in [0.25, 0.3) is 0 Å². The minimum atomic E-state index is -0.913. The number of hydrogen-bond acceptors (Lipinski definition) is 4. The summed E-state index contributed by atoms with van der Waals surface area (Å²) in [6.45, 7) is 4.00. The molecule has 0 spiro atoms. The van der Waals surface area contributed by atoms with E-state index in [2.05, 4.69) is 4.98 Å². The standard InChI is InChI=1S/C18H22FNO2S/c1-3-22-18(21)17-13(2)23-16(20-17)12-8-7-11-15(19)14-9-5-4-6-10-14/h4-6,9-10,15H,3,7-8,11-12H2,1-2H3. The third-order valence-corrected chi connectivity index (χ3v) is 4.60. The molecule has 0 aliphatic heterocycles. The molecule has 0 radical (unpaired) electrons. The number of carbonyl (C=O) groups excluding carboxylic acids is 1. The van der Waals surface area contributed by atoms with Gasteiger partial charge in [0.15, 0.2) is 5.69 Å². The number of carbonyl (C=O) groups is 1. The molecule has 0 amide bonds. The number of rotatable bonds is 8. The first kappa shape index (κ1) is 17.6. The summed E-state index contributed by atoms with van der Waals surface area (Å²) in [4.78, 5) is 17.0. The second-order valence-corrected chi connectivity index (χ2v) is 6.64. The van der Waals surface area contributed by atoms with E-state index in [1.165, 1.54) is 11.3 Å². The molecule has 2 rings (SSSR count). The molecule has 0 aliphatic carbocycles. The second kappa shape index (κ2) is 8.77. The van der Waals surface area contributed by atoms with Gasteiger partial charge in [0.1, 0.15) is 6.17 Å². The van der Waals surface area contributed by atoms with Crippen LogP contribution in [0.25, 0.3) is 0 Å². The van der Waals surface area contributed by atoms with Crippen LogP contribution >= 0.6 is 11.3 Å². The molecule has 0 aliphatic rings. The zero-order valence-electron chi connectivity index (χ0n) is 13.5. The normalized spacial score (nSPS) is 12.1. The van der Waals surface area contributed by atoms with Crippen LogP contribution in [-0.2, 0) is 11.2 Å². The lowest BCUT2D eigenvalue weighted by Crippen LogP contribution is -2.06. The number of hydrogen-bond donors (Lipinski definition) is 0. The Bertz CT molecular complexity index is 627. The predicted octanol–water partition coefficient (Wildman–Crippen LogP) is 5.05. The van der Waals surface area contributed by atoms with E-state index in [1.807, 2.05) is 37.3 Å². The van der Waals surface area contributed by atoms with Crippen molar-refractivity contribution in [2.45, 2.75) is 45.7 Å². The monoisotopic (exact) mass is 335 g/mol. The van der Waals surface area contributed by atoms with Crippen molar-refractivity contribution in [1.29, 1.82) is 0 Å². The summed E-state index contributed by atoms with van der Waals surface area (Å²) in [7, 11) is 0. The lowest BCUT2D eigenvalue weighted by atomic mass is 10.0. The van der Waals surface area contributed by atoms with Crippen LogP contribution in [0.15, 0.2) is 30.3 Å². The Kier molecular flexibility index (Phi) is 6.71. The van der Waals surface area contributed by atoms with Crippen molar-refractivity contribution in [1.82, 2.24) is 4.98 Å². The van der Waals surface area contributed by atoms with Gasteiger partial charge in [-0.25, -0.2) is 14.2 Å². The van der Waals surface area contributed by atoms with Crippen LogP contribution in [0.4, 0.5) is 4.39 Å². The SMILES string of the molecule is CCOC(=O)c1nc(CCCCC(F)c2ccccc2)sc1C. The average Bonchev–Trinajstić information content (AvgIpc) is 2.93. The molecular weight excluding hydrogens is 313 g/mol. The molecule has 2 aromatic rings. The number of unbranched alkanes of at least 4 members (excludes halogenated alkanes) is 1. The summed E-state index contributed by atoms with van der Waals surface area (Å²) >= 11 is 1.52. The molecule has 1 aromatic carbocycles. The molecule has 3 nitrogen and oxygen atoms in total. The number of esters is 1. The van der Waals surface area contributed by atoms with E-state index in [1.54, 1.807) is 6.92 Å². The molecule has 1 heterocycles. The van der Waals surface area contributed by atoms with Crippen molar-refractivity contribution >= 4 is 17.3 Å². The first-order chi connectivity index (χ1) is 11.1. The zero-order chi connectivity index (χ0) is 16.7. The summed E-state index contributed by atoms with van der Waals surface area (Å²) in [6, 6.07) is 9.25. The van der Waals surface area contributed by atoms with Gasteiger partial charge in [-0.2, -0.15) is 0 Å². The fourth-order valence-corrected chi connectivity index (χ4v) is 3.34. The fourth-order valence-electron chi connectivity index (χ4n) is 2.38. The number of benzene rings is 1. The molecule has 0 bridgehead atoms. The summed E-state index contributed by atoms with van der Waals surface area (Å²) in [5, 5.41) is 0.917. The van der Waals surface area contributed by atoms with Crippen molar-refractivity contribution in [2.24, 2.45) is 0 Å². The molecule has 124 valence electrons. The third-order valence-electron chi connectivity index (χ3n) is 3.57. The molecule has 0 fully saturated rings. The van der Waals surface area contributed by atoms with Crippen molar-refractivity contribution in [2.75, 3.05) is 6.61 Å². The summed E-state index contributed by atoms with van der Waals surface area (Å²) in [6.07, 6.45) is 2.03. The maximum absolute atomic E-state index is 14.0. The molecule has 1 aromatic heterocycles. The number of halogens is 1. The lowest BCUT2D eigenvalue weighted by Gasteiger charge is -2.07. The van der Waals surface area contributed by atoms with Gasteiger partial charge in [0.2, 0.25) is 0 Å². The van der Waals surface area contributed by atoms with Crippen LogP contribution in [0.2, 0.25) is 0 Å². The quantitative estimate of drug-likeness (QED) is 0.500. The number of alkyl halides is 1. The molecule has 0 saturated carbocycles. The Hall–Kier alpha value is -1.75. The lowest BCUT2D eigenvalue weighted by molar-refractivity contribution is 0.0519. The fraction of sp³-hybridized carbons (Fsp3) is 0.444. The van der Waals surface area contributed by atoms with Gasteiger partial charge < -0.3 is 4.74 Å². The van der Waals surface area contributed by atoms with Gasteiger partial charge in [0.05, 0.1) is 11.6 Å². The maximum atomic E-state index is 14.0. The van der Waals surface area contributed by atoms with E-state index in [-0.39, 0.29) is 5.97 Å². The molecule has 1 unspecified atom stereocenters. The van der Waals surface area contributed by atoms with Crippen molar-refractivity contribution < 1.29 is 13.9 Å². The van der Waals surface area contributed by atoms with Gasteiger partial charge in [0, 0.05) is 4.88 Å². The molecule has 0 saturated heterocycles. The molecule has 1 atom stereocenters. The number of ether oxygens (including phenoxy) is 1. The molecule has 23 heavy (non-hydrogen) atoms. The molecular formula is C18H22FNO2S. The highest BCUT2D eigenvalue weighted by Gasteiger charge is 2.16. The van der Waals surface area contributed by atoms with Crippen LogP contribution in [0.5, 0.6) is 0 Å². The summed E-state index contributed by atoms with van der Waals surface area (Å²) in [5.74, 6) is -0.361. The van der Waals surface area contributed by atoms with Crippen molar-refractivity contribution in [3.8, 4) is 0 Å². The first-order valence-electron chi connectivity index (χ1n) is 7.94. The summed E-state index contributed by atoms with van der Waals surface area (Å²) < 4.78 is 19.0.